The molecule has 1 unspecified atom stereocenters. The number of unbranched alkanes of at least 4 members (excludes halogenated alkanes) is 1. The molecule has 0 spiro atoms. The van der Waals surface area contributed by atoms with Crippen molar-refractivity contribution in [1.82, 2.24) is 4.31 Å². The van der Waals surface area contributed by atoms with Crippen molar-refractivity contribution in [2.75, 3.05) is 13.3 Å². The van der Waals surface area contributed by atoms with Gasteiger partial charge in [-0.3, -0.25) is 0 Å². The fraction of sp³-hybridized carbons (Fsp3) is 0.500. The van der Waals surface area contributed by atoms with Crippen molar-refractivity contribution < 1.29 is 9.29 Å². The number of rotatable bonds is 5. The fourth-order valence-electron chi connectivity index (χ4n) is 1.70. The van der Waals surface area contributed by atoms with Gasteiger partial charge in [-0.15, -0.1) is 0 Å². The number of hydrogen-bond acceptors (Lipinski definition) is 3. The van der Waals surface area contributed by atoms with Crippen molar-refractivity contribution in [3.8, 4) is 0 Å². The first-order valence-electron chi connectivity index (χ1n) is 5.65. The summed E-state index contributed by atoms with van der Waals surface area (Å²) in [6.45, 7) is 4.07. The van der Waals surface area contributed by atoms with Gasteiger partial charge in [-0.2, -0.15) is 0 Å². The lowest BCUT2D eigenvalue weighted by atomic mass is 10.2. The third kappa shape index (κ3) is 2.58. The monoisotopic (exact) mass is 239 g/mol. The van der Waals surface area contributed by atoms with Gasteiger partial charge in [0.1, 0.15) is 6.73 Å². The average Bonchev–Trinajstić information content (AvgIpc) is 2.63. The Hall–Kier alpha value is -0.550. The van der Waals surface area contributed by atoms with Crippen LogP contribution >= 0.6 is 0 Å². The minimum atomic E-state index is -1.03. The van der Waals surface area contributed by atoms with Crippen LogP contribution in [0.5, 0.6) is 0 Å². The van der Waals surface area contributed by atoms with Crippen LogP contribution in [0.1, 0.15) is 25.3 Å². The molecule has 1 aliphatic heterocycles. The predicted molar refractivity (Wildman–Crippen MR) is 64.1 cm³/mol. The molecule has 1 aliphatic rings. The van der Waals surface area contributed by atoms with Crippen LogP contribution in [0, 0.1) is 0 Å². The van der Waals surface area contributed by atoms with Crippen molar-refractivity contribution in [3.63, 3.8) is 0 Å². The second-order valence-electron chi connectivity index (χ2n) is 3.89. The van der Waals surface area contributed by atoms with Gasteiger partial charge in [0, 0.05) is 12.2 Å². The summed E-state index contributed by atoms with van der Waals surface area (Å²) in [6, 6.07) is 7.87. The minimum Gasteiger partial charge on any atom is -0.593 e. The molecule has 4 heteroatoms. The Balaban J connectivity index is 1.87. The second-order valence-corrected chi connectivity index (χ2v) is 5.34. The Kier molecular flexibility index (Phi) is 4.23. The van der Waals surface area contributed by atoms with E-state index in [0.29, 0.717) is 6.73 Å². The van der Waals surface area contributed by atoms with Crippen LogP contribution in [0.2, 0.25) is 0 Å². The highest BCUT2D eigenvalue weighted by molar-refractivity contribution is 7.89. The van der Waals surface area contributed by atoms with E-state index in [1.165, 1.54) is 0 Å². The van der Waals surface area contributed by atoms with Crippen molar-refractivity contribution in [3.05, 3.63) is 29.8 Å². The maximum atomic E-state index is 12.0. The molecule has 3 nitrogen and oxygen atoms in total. The van der Waals surface area contributed by atoms with Crippen LogP contribution in [0.4, 0.5) is 0 Å². The molecule has 0 radical (unpaired) electrons. The standard InChI is InChI=1S/C12H17NO2S/c1-2-3-8-15-10-13-9-11-6-4-5-7-12(11)16(13)14/h4-7H,2-3,8-10H2,1H3. The summed E-state index contributed by atoms with van der Waals surface area (Å²) in [5.74, 6) is 0. The number of fused-ring (bicyclic) bond motifs is 1. The minimum absolute atomic E-state index is 0.460. The van der Waals surface area contributed by atoms with E-state index < -0.39 is 11.4 Å². The van der Waals surface area contributed by atoms with Gasteiger partial charge in [0.25, 0.3) is 0 Å². The first-order valence-corrected chi connectivity index (χ1v) is 6.76. The molecule has 0 saturated heterocycles. The van der Waals surface area contributed by atoms with Gasteiger partial charge in [-0.1, -0.05) is 35.8 Å². The molecule has 88 valence electrons. The number of hydrogen-bond donors (Lipinski definition) is 0. The summed E-state index contributed by atoms with van der Waals surface area (Å²) >= 11 is -1.03. The average molecular weight is 239 g/mol. The van der Waals surface area contributed by atoms with Gasteiger partial charge in [-0.25, -0.2) is 0 Å². The van der Waals surface area contributed by atoms with Crippen LogP contribution in [-0.4, -0.2) is 22.2 Å². The summed E-state index contributed by atoms with van der Waals surface area (Å²) in [5, 5.41) is 0. The maximum Gasteiger partial charge on any atom is 0.178 e. The van der Waals surface area contributed by atoms with E-state index in [4.69, 9.17) is 4.74 Å². The smallest absolute Gasteiger partial charge is 0.178 e. The molecule has 0 saturated carbocycles. The van der Waals surface area contributed by atoms with E-state index in [0.717, 1.165) is 36.5 Å². The molecule has 0 bridgehead atoms. The highest BCUT2D eigenvalue weighted by Gasteiger charge is 2.33. The topological polar surface area (TPSA) is 35.5 Å². The normalized spacial score (nSPS) is 20.0. The van der Waals surface area contributed by atoms with E-state index >= 15 is 0 Å². The summed E-state index contributed by atoms with van der Waals surface area (Å²) in [5.41, 5.74) is 1.15. The summed E-state index contributed by atoms with van der Waals surface area (Å²) in [7, 11) is 0. The molecular weight excluding hydrogens is 222 g/mol. The number of benzene rings is 1. The number of nitrogens with zero attached hydrogens (tertiary/aromatic N) is 1. The molecule has 0 aromatic heterocycles. The van der Waals surface area contributed by atoms with E-state index in [-0.39, 0.29) is 0 Å². The van der Waals surface area contributed by atoms with Gasteiger partial charge < -0.3 is 9.29 Å². The lowest BCUT2D eigenvalue weighted by molar-refractivity contribution is 0.0686. The van der Waals surface area contributed by atoms with Gasteiger partial charge in [0.05, 0.1) is 17.9 Å². The zero-order valence-corrected chi connectivity index (χ0v) is 10.3. The third-order valence-corrected chi connectivity index (χ3v) is 4.10. The van der Waals surface area contributed by atoms with Gasteiger partial charge in [-0.05, 0) is 12.5 Å². The molecule has 1 aromatic rings. The molecule has 1 atom stereocenters. The molecule has 0 N–H and O–H groups in total. The lowest BCUT2D eigenvalue weighted by Crippen LogP contribution is -2.27. The van der Waals surface area contributed by atoms with Gasteiger partial charge in [0.2, 0.25) is 0 Å². The van der Waals surface area contributed by atoms with Gasteiger partial charge in [0.15, 0.2) is 4.90 Å². The van der Waals surface area contributed by atoms with Crippen LogP contribution in [0.25, 0.3) is 0 Å². The van der Waals surface area contributed by atoms with Crippen LogP contribution in [-0.2, 0) is 22.6 Å². The first kappa shape index (κ1) is 11.9. The molecule has 1 aromatic carbocycles. The molecule has 0 amide bonds. The molecular formula is C12H17NO2S. The van der Waals surface area contributed by atoms with Crippen molar-refractivity contribution in [2.45, 2.75) is 31.2 Å². The van der Waals surface area contributed by atoms with E-state index in [2.05, 4.69) is 6.92 Å². The van der Waals surface area contributed by atoms with Crippen molar-refractivity contribution in [1.29, 1.82) is 0 Å². The molecule has 0 fully saturated rings. The van der Waals surface area contributed by atoms with Crippen LogP contribution in [0.15, 0.2) is 29.2 Å². The van der Waals surface area contributed by atoms with Crippen LogP contribution < -0.4 is 0 Å². The number of ether oxygens (including phenoxy) is 1. The zero-order valence-electron chi connectivity index (χ0n) is 9.52. The Morgan fingerprint density at radius 1 is 1.44 bits per heavy atom. The summed E-state index contributed by atoms with van der Waals surface area (Å²) < 4.78 is 19.4. The highest BCUT2D eigenvalue weighted by atomic mass is 32.2. The molecule has 0 aliphatic carbocycles. The highest BCUT2D eigenvalue weighted by Crippen LogP contribution is 2.29. The Bertz CT molecular complexity index is 346. The predicted octanol–water partition coefficient (Wildman–Crippen LogP) is 2.30. The molecule has 16 heavy (non-hydrogen) atoms. The van der Waals surface area contributed by atoms with Crippen molar-refractivity contribution >= 4 is 11.4 Å². The summed E-state index contributed by atoms with van der Waals surface area (Å²) in [4.78, 5) is 0.932. The zero-order chi connectivity index (χ0) is 11.4. The maximum absolute atomic E-state index is 12.0. The summed E-state index contributed by atoms with van der Waals surface area (Å²) in [6.07, 6.45) is 2.19. The Labute approximate surface area is 99.7 Å². The Morgan fingerprint density at radius 2 is 2.25 bits per heavy atom. The Morgan fingerprint density at radius 3 is 3.00 bits per heavy atom. The fourth-order valence-corrected chi connectivity index (χ4v) is 2.96. The first-order chi connectivity index (χ1) is 7.83. The van der Waals surface area contributed by atoms with E-state index in [9.17, 15) is 4.55 Å². The lowest BCUT2D eigenvalue weighted by Gasteiger charge is -2.16. The SMILES string of the molecule is CCCCOCN1Cc2ccccc2[S+]1[O-]. The van der Waals surface area contributed by atoms with Gasteiger partial charge >= 0.3 is 0 Å². The molecule has 1 heterocycles. The third-order valence-electron chi connectivity index (χ3n) is 2.62. The van der Waals surface area contributed by atoms with E-state index in [1.807, 2.05) is 28.6 Å². The van der Waals surface area contributed by atoms with Crippen molar-refractivity contribution in [2.24, 2.45) is 0 Å². The second kappa shape index (κ2) is 5.68. The quantitative estimate of drug-likeness (QED) is 0.584. The van der Waals surface area contributed by atoms with Crippen LogP contribution in [0.3, 0.4) is 0 Å². The largest absolute Gasteiger partial charge is 0.593 e. The molecule has 2 rings (SSSR count). The van der Waals surface area contributed by atoms with E-state index in [1.54, 1.807) is 0 Å².